The average Bonchev–Trinajstić information content (AvgIpc) is 2.51. The van der Waals surface area contributed by atoms with Crippen LogP contribution in [-0.4, -0.2) is 48.6 Å². The molecule has 2 heterocycles. The third kappa shape index (κ3) is 3.44. The van der Waals surface area contributed by atoms with E-state index >= 15 is 0 Å². The van der Waals surface area contributed by atoms with Crippen LogP contribution in [0.1, 0.15) is 21.7 Å². The topological polar surface area (TPSA) is 92.3 Å². The number of hydrogen-bond donors (Lipinski definition) is 1. The van der Waals surface area contributed by atoms with E-state index in [0.29, 0.717) is 13.1 Å². The van der Waals surface area contributed by atoms with Crippen molar-refractivity contribution in [3.05, 3.63) is 53.3 Å². The largest absolute Gasteiger partial charge is 0.334 e. The molecule has 0 unspecified atom stereocenters. The van der Waals surface area contributed by atoms with E-state index in [1.54, 1.807) is 48.2 Å². The van der Waals surface area contributed by atoms with Crippen LogP contribution in [0.25, 0.3) is 0 Å². The fourth-order valence-electron chi connectivity index (χ4n) is 2.40. The van der Waals surface area contributed by atoms with Crippen molar-refractivity contribution in [1.82, 2.24) is 19.8 Å². The lowest BCUT2D eigenvalue weighted by Crippen LogP contribution is -2.60. The monoisotopic (exact) mass is 346 g/mol. The Labute approximate surface area is 140 Å². The SMILES string of the molecule is Cc1ccc(S(=O)(=O)NC2CN(C(=O)c3ccc(C)nn3)C2)cc1. The molecule has 1 saturated heterocycles. The molecule has 24 heavy (non-hydrogen) atoms. The minimum Gasteiger partial charge on any atom is -0.334 e. The van der Waals surface area contributed by atoms with E-state index in [0.717, 1.165) is 11.3 Å². The predicted octanol–water partition coefficient (Wildman–Crippen LogP) is 0.896. The summed E-state index contributed by atoms with van der Waals surface area (Å²) in [6.07, 6.45) is 0. The van der Waals surface area contributed by atoms with Gasteiger partial charge in [0, 0.05) is 13.1 Å². The van der Waals surface area contributed by atoms with Gasteiger partial charge in [-0.3, -0.25) is 4.79 Å². The molecule has 1 aliphatic heterocycles. The number of benzene rings is 1. The van der Waals surface area contributed by atoms with Gasteiger partial charge in [0.1, 0.15) is 0 Å². The number of amides is 1. The fourth-order valence-corrected chi connectivity index (χ4v) is 3.62. The predicted molar refractivity (Wildman–Crippen MR) is 88.0 cm³/mol. The number of carbonyl (C=O) groups is 1. The van der Waals surface area contributed by atoms with E-state index < -0.39 is 10.0 Å². The smallest absolute Gasteiger partial charge is 0.274 e. The van der Waals surface area contributed by atoms with E-state index in [2.05, 4.69) is 14.9 Å². The molecule has 0 spiro atoms. The highest BCUT2D eigenvalue weighted by Gasteiger charge is 2.34. The van der Waals surface area contributed by atoms with Crippen molar-refractivity contribution in [2.24, 2.45) is 0 Å². The Hall–Kier alpha value is -2.32. The standard InChI is InChI=1S/C16H18N4O3S/c1-11-3-6-14(7-4-11)24(22,23)19-13-9-20(10-13)16(21)15-8-5-12(2)17-18-15/h3-8,13,19H,9-10H2,1-2H3. The first kappa shape index (κ1) is 16.5. The number of nitrogens with zero attached hydrogens (tertiary/aromatic N) is 3. The molecule has 0 aliphatic carbocycles. The summed E-state index contributed by atoms with van der Waals surface area (Å²) in [4.78, 5) is 14.0. The molecular formula is C16H18N4O3S. The molecule has 0 bridgehead atoms. The molecule has 1 fully saturated rings. The van der Waals surface area contributed by atoms with Crippen molar-refractivity contribution in [3.63, 3.8) is 0 Å². The molecule has 0 atom stereocenters. The Morgan fingerprint density at radius 2 is 1.75 bits per heavy atom. The van der Waals surface area contributed by atoms with E-state index in [4.69, 9.17) is 0 Å². The minimum atomic E-state index is -3.57. The zero-order valence-corrected chi connectivity index (χ0v) is 14.2. The van der Waals surface area contributed by atoms with Crippen LogP contribution in [0.15, 0.2) is 41.3 Å². The second-order valence-electron chi connectivity index (χ2n) is 5.90. The van der Waals surface area contributed by atoms with Gasteiger partial charge in [-0.05, 0) is 38.1 Å². The van der Waals surface area contributed by atoms with E-state index in [1.807, 2.05) is 6.92 Å². The Balaban J connectivity index is 1.59. The van der Waals surface area contributed by atoms with Crippen LogP contribution in [-0.2, 0) is 10.0 Å². The lowest BCUT2D eigenvalue weighted by atomic mass is 10.1. The highest BCUT2D eigenvalue weighted by atomic mass is 32.2. The fraction of sp³-hybridized carbons (Fsp3) is 0.312. The van der Waals surface area contributed by atoms with Crippen molar-refractivity contribution >= 4 is 15.9 Å². The number of nitrogens with one attached hydrogen (secondary N) is 1. The summed E-state index contributed by atoms with van der Waals surface area (Å²) in [7, 11) is -3.57. The lowest BCUT2D eigenvalue weighted by Gasteiger charge is -2.38. The van der Waals surface area contributed by atoms with Gasteiger partial charge < -0.3 is 4.90 Å². The van der Waals surface area contributed by atoms with Crippen molar-refractivity contribution in [2.45, 2.75) is 24.8 Å². The summed E-state index contributed by atoms with van der Waals surface area (Å²) in [5.74, 6) is -0.242. The Bertz CT molecular complexity index is 842. The molecule has 7 nitrogen and oxygen atoms in total. The molecule has 3 rings (SSSR count). The Morgan fingerprint density at radius 3 is 2.33 bits per heavy atom. The maximum Gasteiger partial charge on any atom is 0.274 e. The first-order valence-electron chi connectivity index (χ1n) is 7.54. The Morgan fingerprint density at radius 1 is 1.08 bits per heavy atom. The van der Waals surface area contributed by atoms with Gasteiger partial charge in [0.25, 0.3) is 5.91 Å². The van der Waals surface area contributed by atoms with E-state index in [1.165, 1.54) is 0 Å². The number of aromatic nitrogens is 2. The van der Waals surface area contributed by atoms with Gasteiger partial charge in [-0.15, -0.1) is 5.10 Å². The third-order valence-corrected chi connectivity index (χ3v) is 5.38. The number of sulfonamides is 1. The molecule has 1 aromatic carbocycles. The minimum absolute atomic E-state index is 0.224. The van der Waals surface area contributed by atoms with Crippen LogP contribution in [0.3, 0.4) is 0 Å². The summed E-state index contributed by atoms with van der Waals surface area (Å²) in [5, 5.41) is 7.71. The lowest BCUT2D eigenvalue weighted by molar-refractivity contribution is 0.0584. The van der Waals surface area contributed by atoms with Gasteiger partial charge >= 0.3 is 0 Å². The van der Waals surface area contributed by atoms with Crippen molar-refractivity contribution < 1.29 is 13.2 Å². The highest BCUT2D eigenvalue weighted by Crippen LogP contribution is 2.16. The quantitative estimate of drug-likeness (QED) is 0.888. The number of likely N-dealkylation sites (tertiary alicyclic amines) is 1. The Kier molecular flexibility index (Phi) is 4.33. The maximum absolute atomic E-state index is 12.3. The second kappa shape index (κ2) is 6.29. The van der Waals surface area contributed by atoms with Gasteiger partial charge in [-0.25, -0.2) is 13.1 Å². The van der Waals surface area contributed by atoms with Crippen molar-refractivity contribution in [2.75, 3.05) is 13.1 Å². The van der Waals surface area contributed by atoms with Gasteiger partial charge in [0.15, 0.2) is 5.69 Å². The number of rotatable bonds is 4. The highest BCUT2D eigenvalue weighted by molar-refractivity contribution is 7.89. The molecule has 0 saturated carbocycles. The van der Waals surface area contributed by atoms with E-state index in [9.17, 15) is 13.2 Å². The molecule has 2 aromatic rings. The zero-order valence-electron chi connectivity index (χ0n) is 13.4. The second-order valence-corrected chi connectivity index (χ2v) is 7.62. The number of hydrogen-bond acceptors (Lipinski definition) is 5. The van der Waals surface area contributed by atoms with Crippen LogP contribution in [0.2, 0.25) is 0 Å². The van der Waals surface area contributed by atoms with Crippen LogP contribution in [0, 0.1) is 13.8 Å². The van der Waals surface area contributed by atoms with Gasteiger partial charge in [0.05, 0.1) is 16.6 Å². The van der Waals surface area contributed by atoms with Crippen molar-refractivity contribution in [1.29, 1.82) is 0 Å². The van der Waals surface area contributed by atoms with Crippen molar-refractivity contribution in [3.8, 4) is 0 Å². The van der Waals surface area contributed by atoms with Crippen LogP contribution >= 0.6 is 0 Å². The van der Waals surface area contributed by atoms with Gasteiger partial charge in [-0.2, -0.15) is 5.10 Å². The molecule has 1 aliphatic rings. The first-order chi connectivity index (χ1) is 11.3. The van der Waals surface area contributed by atoms with Gasteiger partial charge in [-0.1, -0.05) is 17.7 Å². The maximum atomic E-state index is 12.3. The van der Waals surface area contributed by atoms with Crippen LogP contribution < -0.4 is 4.72 Å². The molecule has 1 aromatic heterocycles. The molecule has 126 valence electrons. The summed E-state index contributed by atoms with van der Waals surface area (Å²) < 4.78 is 27.2. The summed E-state index contributed by atoms with van der Waals surface area (Å²) in [6.45, 7) is 4.33. The van der Waals surface area contributed by atoms with Crippen LogP contribution in [0.5, 0.6) is 0 Å². The van der Waals surface area contributed by atoms with E-state index in [-0.39, 0.29) is 22.5 Å². The third-order valence-electron chi connectivity index (χ3n) is 3.84. The summed E-state index contributed by atoms with van der Waals surface area (Å²) >= 11 is 0. The van der Waals surface area contributed by atoms with Crippen LogP contribution in [0.4, 0.5) is 0 Å². The average molecular weight is 346 g/mol. The molecule has 0 radical (unpaired) electrons. The molecule has 8 heteroatoms. The number of aryl methyl sites for hydroxylation is 2. The molecular weight excluding hydrogens is 328 g/mol. The number of carbonyl (C=O) groups excluding carboxylic acids is 1. The normalized spacial score (nSPS) is 15.2. The molecule has 1 amide bonds. The summed E-state index contributed by atoms with van der Waals surface area (Å²) in [6, 6.07) is 9.69. The summed E-state index contributed by atoms with van der Waals surface area (Å²) in [5.41, 5.74) is 1.99. The molecule has 1 N–H and O–H groups in total. The van der Waals surface area contributed by atoms with Gasteiger partial charge in [0.2, 0.25) is 10.0 Å². The zero-order chi connectivity index (χ0) is 17.3. The first-order valence-corrected chi connectivity index (χ1v) is 9.02.